The minimum atomic E-state index is -0.638. The van der Waals surface area contributed by atoms with Crippen LogP contribution in [0.5, 0.6) is 0 Å². The van der Waals surface area contributed by atoms with E-state index in [1.807, 2.05) is 6.07 Å². The number of imidazole rings is 1. The number of hydrogen-bond donors (Lipinski definition) is 4. The molecule has 3 heterocycles. The lowest BCUT2D eigenvalue weighted by Gasteiger charge is -2.29. The maximum Gasteiger partial charge on any atom is 0.276 e. The van der Waals surface area contributed by atoms with Gasteiger partial charge in [-0.25, -0.2) is 18.3 Å². The summed E-state index contributed by atoms with van der Waals surface area (Å²) in [6.07, 6.45) is 9.66. The Bertz CT molecular complexity index is 1580. The zero-order valence-electron chi connectivity index (χ0n) is 22.2. The summed E-state index contributed by atoms with van der Waals surface area (Å²) in [5.41, 5.74) is 1.65. The first kappa shape index (κ1) is 26.6. The highest BCUT2D eigenvalue weighted by Crippen LogP contribution is 2.32. The van der Waals surface area contributed by atoms with Gasteiger partial charge in [-0.2, -0.15) is 0 Å². The molecule has 0 aliphatic heterocycles. The Balaban J connectivity index is 1.13. The first-order valence-electron chi connectivity index (χ1n) is 13.8. The third-order valence-corrected chi connectivity index (χ3v) is 7.48. The maximum atomic E-state index is 14.1. The molecule has 2 aliphatic carbocycles. The monoisotopic (exact) mass is 560 g/mol. The van der Waals surface area contributed by atoms with Gasteiger partial charge in [-0.1, -0.05) is 12.1 Å². The molecule has 4 N–H and O–H groups in total. The Morgan fingerprint density at radius 1 is 0.854 bits per heavy atom. The van der Waals surface area contributed by atoms with Gasteiger partial charge < -0.3 is 21.3 Å². The van der Waals surface area contributed by atoms with Crippen LogP contribution in [0.1, 0.15) is 55.4 Å². The van der Waals surface area contributed by atoms with Crippen molar-refractivity contribution in [3.63, 3.8) is 0 Å². The summed E-state index contributed by atoms with van der Waals surface area (Å²) in [6, 6.07) is 9.91. The summed E-state index contributed by atoms with van der Waals surface area (Å²) < 4.78 is 29.4. The minimum absolute atomic E-state index is 0.0184. The third kappa shape index (κ3) is 6.26. The molecule has 2 amide bonds. The number of benzene rings is 1. The van der Waals surface area contributed by atoms with Crippen LogP contribution in [0.3, 0.4) is 0 Å². The van der Waals surface area contributed by atoms with E-state index in [2.05, 4.69) is 36.3 Å². The predicted molar refractivity (Wildman–Crippen MR) is 151 cm³/mol. The SMILES string of the molecule is O=C(CC1CCC(Nc2cc(NC3CC3)c3ncc(C(=O)Nc4ccncc4F)n3n2)CC1)Nc1ccccc1F. The molecule has 0 spiro atoms. The second-order valence-electron chi connectivity index (χ2n) is 10.6. The van der Waals surface area contributed by atoms with Crippen molar-refractivity contribution in [3.8, 4) is 0 Å². The second kappa shape index (κ2) is 11.5. The largest absolute Gasteiger partial charge is 0.379 e. The highest BCUT2D eigenvalue weighted by molar-refractivity contribution is 6.03. The standard InChI is InChI=1S/C29H30F2N8O2/c30-20-3-1-2-4-22(20)36-27(40)13-17-5-7-19(8-6-17)35-26-14-24(34-18-9-10-18)28-33-16-25(39(28)38-26)29(41)37-23-11-12-32-15-21(23)31/h1-4,11-12,14-19,34H,5-10,13H2,(H,35,38)(H,36,40)(H,32,37,41). The Hall–Kier alpha value is -4.61. The quantitative estimate of drug-likeness (QED) is 0.221. The van der Waals surface area contributed by atoms with Crippen molar-refractivity contribution in [1.82, 2.24) is 19.6 Å². The summed E-state index contributed by atoms with van der Waals surface area (Å²) >= 11 is 0. The second-order valence-corrected chi connectivity index (χ2v) is 10.6. The zero-order valence-corrected chi connectivity index (χ0v) is 22.2. The van der Waals surface area contributed by atoms with E-state index in [0.717, 1.165) is 50.4 Å². The topological polar surface area (TPSA) is 125 Å². The normalized spacial score (nSPS) is 18.6. The van der Waals surface area contributed by atoms with Gasteiger partial charge in [0, 0.05) is 30.8 Å². The molecule has 4 aromatic rings. The van der Waals surface area contributed by atoms with Gasteiger partial charge in [-0.3, -0.25) is 14.6 Å². The fourth-order valence-corrected chi connectivity index (χ4v) is 5.16. The number of rotatable bonds is 9. The van der Waals surface area contributed by atoms with Gasteiger partial charge >= 0.3 is 0 Å². The number of pyridine rings is 1. The number of anilines is 4. The number of halogens is 2. The lowest BCUT2D eigenvalue weighted by molar-refractivity contribution is -0.117. The number of carbonyl (C=O) groups is 2. The predicted octanol–water partition coefficient (Wildman–Crippen LogP) is 5.23. The smallest absolute Gasteiger partial charge is 0.276 e. The van der Waals surface area contributed by atoms with Gasteiger partial charge in [-0.05, 0) is 62.6 Å². The summed E-state index contributed by atoms with van der Waals surface area (Å²) in [6.45, 7) is 0. The van der Waals surface area contributed by atoms with E-state index in [0.29, 0.717) is 23.9 Å². The van der Waals surface area contributed by atoms with Crippen LogP contribution in [0.15, 0.2) is 55.0 Å². The van der Waals surface area contributed by atoms with Gasteiger partial charge in [-0.15, -0.1) is 5.10 Å². The molecule has 10 nitrogen and oxygen atoms in total. The molecule has 0 atom stereocenters. The van der Waals surface area contributed by atoms with Crippen LogP contribution in [-0.4, -0.2) is 43.5 Å². The summed E-state index contributed by atoms with van der Waals surface area (Å²) in [5.74, 6) is -1.02. The number of amides is 2. The van der Waals surface area contributed by atoms with Crippen molar-refractivity contribution in [2.24, 2.45) is 5.92 Å². The minimum Gasteiger partial charge on any atom is -0.379 e. The molecular weight excluding hydrogens is 530 g/mol. The van der Waals surface area contributed by atoms with Gasteiger partial charge in [0.25, 0.3) is 5.91 Å². The number of aromatic nitrogens is 4. The maximum absolute atomic E-state index is 14.1. The lowest BCUT2D eigenvalue weighted by Crippen LogP contribution is -2.29. The van der Waals surface area contributed by atoms with E-state index >= 15 is 0 Å². The molecule has 0 radical (unpaired) electrons. The van der Waals surface area contributed by atoms with Crippen LogP contribution in [-0.2, 0) is 4.79 Å². The van der Waals surface area contributed by atoms with Gasteiger partial charge in [0.15, 0.2) is 17.2 Å². The van der Waals surface area contributed by atoms with Gasteiger partial charge in [0.05, 0.1) is 29.5 Å². The average Bonchev–Trinajstić information content (AvgIpc) is 3.67. The number of nitrogens with one attached hydrogen (secondary N) is 4. The van der Waals surface area contributed by atoms with Crippen molar-refractivity contribution in [2.45, 2.75) is 57.0 Å². The fraction of sp³-hybridized carbons (Fsp3) is 0.345. The molecule has 12 heteroatoms. The van der Waals surface area contributed by atoms with Crippen molar-refractivity contribution in [3.05, 3.63) is 72.3 Å². The van der Waals surface area contributed by atoms with Crippen LogP contribution >= 0.6 is 0 Å². The summed E-state index contributed by atoms with van der Waals surface area (Å²) in [7, 11) is 0. The number of hydrogen-bond acceptors (Lipinski definition) is 7. The molecule has 2 fully saturated rings. The number of carbonyl (C=O) groups excluding carboxylic acids is 2. The van der Waals surface area contributed by atoms with Crippen molar-refractivity contribution in [2.75, 3.05) is 21.3 Å². The van der Waals surface area contributed by atoms with Crippen LogP contribution in [0, 0.1) is 17.6 Å². The Kier molecular flexibility index (Phi) is 7.45. The first-order chi connectivity index (χ1) is 19.9. The molecule has 0 unspecified atom stereocenters. The van der Waals surface area contributed by atoms with Gasteiger partial charge in [0.1, 0.15) is 11.6 Å². The van der Waals surface area contributed by atoms with Crippen LogP contribution in [0.2, 0.25) is 0 Å². The molecule has 6 rings (SSSR count). The number of fused-ring (bicyclic) bond motifs is 1. The van der Waals surface area contributed by atoms with Crippen LogP contribution in [0.25, 0.3) is 5.65 Å². The lowest BCUT2D eigenvalue weighted by atomic mass is 9.84. The molecule has 0 bridgehead atoms. The van der Waals surface area contributed by atoms with Crippen LogP contribution in [0.4, 0.5) is 31.7 Å². The van der Waals surface area contributed by atoms with Crippen LogP contribution < -0.4 is 21.3 Å². The Morgan fingerprint density at radius 3 is 2.34 bits per heavy atom. The van der Waals surface area contributed by atoms with E-state index in [1.165, 1.54) is 29.0 Å². The first-order valence-corrected chi connectivity index (χ1v) is 13.8. The highest BCUT2D eigenvalue weighted by Gasteiger charge is 2.27. The highest BCUT2D eigenvalue weighted by atomic mass is 19.1. The van der Waals surface area contributed by atoms with Crippen molar-refractivity contribution < 1.29 is 18.4 Å². The molecule has 2 aliphatic rings. The van der Waals surface area contributed by atoms with E-state index < -0.39 is 17.5 Å². The summed E-state index contributed by atoms with van der Waals surface area (Å²) in [4.78, 5) is 33.7. The molecule has 3 aromatic heterocycles. The van der Waals surface area contributed by atoms with E-state index in [-0.39, 0.29) is 34.9 Å². The summed E-state index contributed by atoms with van der Waals surface area (Å²) in [5, 5.41) is 16.9. The van der Waals surface area contributed by atoms with E-state index in [4.69, 9.17) is 0 Å². The van der Waals surface area contributed by atoms with E-state index in [9.17, 15) is 18.4 Å². The fourth-order valence-electron chi connectivity index (χ4n) is 5.16. The third-order valence-electron chi connectivity index (χ3n) is 7.48. The molecule has 2 saturated carbocycles. The molecule has 41 heavy (non-hydrogen) atoms. The van der Waals surface area contributed by atoms with E-state index in [1.54, 1.807) is 18.2 Å². The molecule has 1 aromatic carbocycles. The molecule has 212 valence electrons. The Morgan fingerprint density at radius 2 is 1.59 bits per heavy atom. The molecule has 0 saturated heterocycles. The van der Waals surface area contributed by atoms with Crippen molar-refractivity contribution in [1.29, 1.82) is 0 Å². The van der Waals surface area contributed by atoms with Crippen molar-refractivity contribution >= 4 is 40.3 Å². The number of nitrogens with zero attached hydrogens (tertiary/aromatic N) is 4. The number of para-hydroxylation sites is 1. The Labute approximate surface area is 235 Å². The van der Waals surface area contributed by atoms with Gasteiger partial charge in [0.2, 0.25) is 5.91 Å². The zero-order chi connectivity index (χ0) is 28.3. The average molecular weight is 561 g/mol. The molecular formula is C29H30F2N8O2.